The number of aryl methyl sites for hydroxylation is 1. The number of para-hydroxylation sites is 1. The van der Waals surface area contributed by atoms with Crippen LogP contribution in [0.4, 0.5) is 5.69 Å². The summed E-state index contributed by atoms with van der Waals surface area (Å²) in [6.45, 7) is 3.78. The second kappa shape index (κ2) is 10.9. The quantitative estimate of drug-likeness (QED) is 0.569. The van der Waals surface area contributed by atoms with Gasteiger partial charge in [0.25, 0.3) is 5.91 Å². The number of amidine groups is 1. The Hall–Kier alpha value is -2.52. The van der Waals surface area contributed by atoms with Gasteiger partial charge in [0.15, 0.2) is 0 Å². The molecule has 0 aromatic heterocycles. The molecule has 9 heteroatoms. The molecule has 170 valence electrons. The molecule has 1 heterocycles. The zero-order valence-corrected chi connectivity index (χ0v) is 19.4. The number of amides is 1. The molecule has 1 aliphatic rings. The highest BCUT2D eigenvalue weighted by atomic mass is 35.5. The molecule has 7 nitrogen and oxygen atoms in total. The molecule has 1 unspecified atom stereocenters. The van der Waals surface area contributed by atoms with E-state index in [9.17, 15) is 14.1 Å². The van der Waals surface area contributed by atoms with Gasteiger partial charge < -0.3 is 14.9 Å². The van der Waals surface area contributed by atoms with Crippen LogP contribution in [0.15, 0.2) is 52.4 Å². The normalized spacial score (nSPS) is 19.7. The first-order chi connectivity index (χ1) is 15.4. The third-order valence-electron chi connectivity index (χ3n) is 4.69. The number of carbonyl (C=O) groups is 1. The Bertz CT molecular complexity index is 1090. The predicted octanol–water partition coefficient (Wildman–Crippen LogP) is 3.28. The van der Waals surface area contributed by atoms with Crippen LogP contribution in [0, 0.1) is 6.92 Å². The molecule has 1 aliphatic heterocycles. The zero-order valence-electron chi connectivity index (χ0n) is 17.8. The number of benzene rings is 2. The first-order valence-corrected chi connectivity index (χ1v) is 11.7. The van der Waals surface area contributed by atoms with Gasteiger partial charge in [-0.15, -0.1) is 0 Å². The molecule has 0 radical (unpaired) electrons. The van der Waals surface area contributed by atoms with Crippen molar-refractivity contribution in [3.05, 3.63) is 63.5 Å². The maximum Gasteiger partial charge on any atom is 0.274 e. The van der Waals surface area contributed by atoms with Gasteiger partial charge in [-0.1, -0.05) is 42.8 Å². The van der Waals surface area contributed by atoms with E-state index in [1.54, 1.807) is 24.3 Å². The first kappa shape index (κ1) is 24.1. The number of anilines is 1. The molecule has 2 aromatic carbocycles. The number of rotatable bonds is 8. The molecule has 0 spiro atoms. The topological polar surface area (TPSA) is 99.4 Å². The molecule has 1 fully saturated rings. The molecule has 3 rings (SSSR count). The van der Waals surface area contributed by atoms with E-state index >= 15 is 0 Å². The molecular weight excluding hydrogens is 452 g/mol. The number of ether oxygens (including phenoxy) is 1. The SMILES string of the molecule is CCCN=C1N(c2ccccc2C)C(=O)/C(=C\c2ccc(OC[C@H](O)CO)c(Cl)c2)S1=O. The summed E-state index contributed by atoms with van der Waals surface area (Å²) in [5, 5.41) is 18.8. The fourth-order valence-corrected chi connectivity index (χ4v) is 4.54. The molecule has 32 heavy (non-hydrogen) atoms. The molecular formula is C23H25ClN2O5S. The van der Waals surface area contributed by atoms with Crippen molar-refractivity contribution < 1.29 is 24.0 Å². The Balaban J connectivity index is 1.95. The number of aliphatic hydroxyl groups excluding tert-OH is 2. The van der Waals surface area contributed by atoms with Crippen molar-refractivity contribution in [2.75, 3.05) is 24.7 Å². The fraction of sp³-hybridized carbons (Fsp3) is 0.304. The van der Waals surface area contributed by atoms with Gasteiger partial charge in [0, 0.05) is 6.54 Å². The van der Waals surface area contributed by atoms with Crippen molar-refractivity contribution in [2.24, 2.45) is 4.99 Å². The average molecular weight is 477 g/mol. The predicted molar refractivity (Wildman–Crippen MR) is 127 cm³/mol. The summed E-state index contributed by atoms with van der Waals surface area (Å²) in [5.74, 6) is -0.0677. The van der Waals surface area contributed by atoms with E-state index in [-0.39, 0.29) is 21.7 Å². The van der Waals surface area contributed by atoms with E-state index in [2.05, 4.69) is 4.99 Å². The standard InChI is InChI=1S/C23H25ClN2O5S/c1-3-10-25-23-26(19-7-5-4-6-15(19)2)22(29)21(32(23)30)12-16-8-9-20(18(24)11-16)31-14-17(28)13-27/h4-9,11-12,17,27-28H,3,10,13-14H2,1-2H3/b21-12+,25-23?/t17-,32?/m1/s1. The van der Waals surface area contributed by atoms with E-state index in [1.165, 1.54) is 11.0 Å². The second-order valence-electron chi connectivity index (χ2n) is 7.21. The summed E-state index contributed by atoms with van der Waals surface area (Å²) in [5.41, 5.74) is 2.09. The number of hydrogen-bond acceptors (Lipinski definition) is 6. The van der Waals surface area contributed by atoms with Crippen LogP contribution in [0.5, 0.6) is 5.75 Å². The minimum absolute atomic E-state index is 0.109. The lowest BCUT2D eigenvalue weighted by atomic mass is 10.1. The highest BCUT2D eigenvalue weighted by molar-refractivity contribution is 8.06. The number of carbonyl (C=O) groups excluding carboxylic acids is 1. The van der Waals surface area contributed by atoms with Gasteiger partial charge in [0.1, 0.15) is 34.2 Å². The third-order valence-corrected chi connectivity index (χ3v) is 6.32. The first-order valence-electron chi connectivity index (χ1n) is 10.2. The van der Waals surface area contributed by atoms with Crippen molar-refractivity contribution in [3.63, 3.8) is 0 Å². The largest absolute Gasteiger partial charge is 0.489 e. The molecule has 2 aromatic rings. The van der Waals surface area contributed by atoms with E-state index in [0.29, 0.717) is 23.5 Å². The minimum atomic E-state index is -1.74. The van der Waals surface area contributed by atoms with Gasteiger partial charge >= 0.3 is 0 Å². The zero-order chi connectivity index (χ0) is 23.3. The monoisotopic (exact) mass is 476 g/mol. The lowest BCUT2D eigenvalue weighted by Crippen LogP contribution is -2.30. The molecule has 2 atom stereocenters. The highest BCUT2D eigenvalue weighted by Crippen LogP contribution is 2.32. The van der Waals surface area contributed by atoms with Crippen molar-refractivity contribution in [2.45, 2.75) is 26.4 Å². The van der Waals surface area contributed by atoms with Crippen LogP contribution in [0.2, 0.25) is 5.02 Å². The van der Waals surface area contributed by atoms with Crippen molar-refractivity contribution in [1.82, 2.24) is 0 Å². The summed E-state index contributed by atoms with van der Waals surface area (Å²) in [7, 11) is -1.74. The number of hydrogen-bond donors (Lipinski definition) is 2. The van der Waals surface area contributed by atoms with Gasteiger partial charge in [-0.25, -0.2) is 4.21 Å². The highest BCUT2D eigenvalue weighted by Gasteiger charge is 2.40. The molecule has 1 saturated heterocycles. The van der Waals surface area contributed by atoms with Crippen LogP contribution in [0.1, 0.15) is 24.5 Å². The molecule has 0 bridgehead atoms. The lowest BCUT2D eigenvalue weighted by Gasteiger charge is -2.17. The molecule has 0 saturated carbocycles. The maximum absolute atomic E-state index is 13.3. The number of aliphatic imine (C=N–C) groups is 1. The average Bonchev–Trinajstić information content (AvgIpc) is 3.01. The van der Waals surface area contributed by atoms with E-state index < -0.39 is 29.4 Å². The lowest BCUT2D eigenvalue weighted by molar-refractivity contribution is -0.113. The van der Waals surface area contributed by atoms with Crippen LogP contribution in [0.25, 0.3) is 6.08 Å². The van der Waals surface area contributed by atoms with Crippen LogP contribution in [-0.4, -0.2) is 51.4 Å². The van der Waals surface area contributed by atoms with Gasteiger partial charge in [-0.2, -0.15) is 0 Å². The summed E-state index contributed by atoms with van der Waals surface area (Å²) < 4.78 is 18.6. The molecule has 0 aliphatic carbocycles. The smallest absolute Gasteiger partial charge is 0.274 e. The van der Waals surface area contributed by atoms with Crippen molar-refractivity contribution in [1.29, 1.82) is 0 Å². The minimum Gasteiger partial charge on any atom is -0.489 e. The van der Waals surface area contributed by atoms with E-state index in [0.717, 1.165) is 12.0 Å². The molecule has 1 amide bonds. The Morgan fingerprint density at radius 3 is 2.69 bits per heavy atom. The summed E-state index contributed by atoms with van der Waals surface area (Å²) in [6.07, 6.45) is 1.29. The Morgan fingerprint density at radius 1 is 1.28 bits per heavy atom. The Kier molecular flexibility index (Phi) is 8.20. The number of halogens is 1. The summed E-state index contributed by atoms with van der Waals surface area (Å²) >= 11 is 6.26. The van der Waals surface area contributed by atoms with Crippen LogP contribution in [0.3, 0.4) is 0 Å². The Morgan fingerprint density at radius 2 is 2.03 bits per heavy atom. The summed E-state index contributed by atoms with van der Waals surface area (Å²) in [4.78, 5) is 19.3. The van der Waals surface area contributed by atoms with Crippen LogP contribution >= 0.6 is 11.6 Å². The summed E-state index contributed by atoms with van der Waals surface area (Å²) in [6, 6.07) is 12.2. The third kappa shape index (κ3) is 5.27. The van der Waals surface area contributed by atoms with Gasteiger partial charge in [0.2, 0.25) is 5.17 Å². The van der Waals surface area contributed by atoms with Crippen molar-refractivity contribution >= 4 is 45.2 Å². The van der Waals surface area contributed by atoms with Gasteiger partial charge in [-0.05, 0) is 48.7 Å². The van der Waals surface area contributed by atoms with E-state index in [1.807, 2.05) is 32.0 Å². The number of nitrogens with zero attached hydrogens (tertiary/aromatic N) is 2. The van der Waals surface area contributed by atoms with Crippen LogP contribution in [-0.2, 0) is 15.6 Å². The van der Waals surface area contributed by atoms with Crippen molar-refractivity contribution in [3.8, 4) is 5.75 Å². The molecule has 2 N–H and O–H groups in total. The second-order valence-corrected chi connectivity index (χ2v) is 8.96. The number of aliphatic hydroxyl groups is 2. The maximum atomic E-state index is 13.3. The van der Waals surface area contributed by atoms with Gasteiger partial charge in [0.05, 0.1) is 17.3 Å². The van der Waals surface area contributed by atoms with Gasteiger partial charge in [-0.3, -0.25) is 14.7 Å². The van der Waals surface area contributed by atoms with Crippen LogP contribution < -0.4 is 9.64 Å². The Labute approximate surface area is 194 Å². The fourth-order valence-electron chi connectivity index (χ4n) is 3.05. The van der Waals surface area contributed by atoms with E-state index in [4.69, 9.17) is 21.4 Å².